The molecule has 0 aromatic carbocycles. The third-order valence-electron chi connectivity index (χ3n) is 1.33. The lowest BCUT2D eigenvalue weighted by Gasteiger charge is -2.10. The fraction of sp³-hybridized carbons (Fsp3) is 0.571. The lowest BCUT2D eigenvalue weighted by Crippen LogP contribution is -2.34. The van der Waals surface area contributed by atoms with Crippen LogP contribution in [0.1, 0.15) is 12.8 Å². The second-order valence-corrected chi connectivity index (χ2v) is 2.54. The van der Waals surface area contributed by atoms with E-state index in [4.69, 9.17) is 10.8 Å². The smallest absolute Gasteiger partial charge is 0.474 e. The number of ketones is 1. The van der Waals surface area contributed by atoms with Crippen LogP contribution in [0.4, 0.5) is 8.78 Å². The number of rotatable bonds is 6. The Morgan fingerprint density at radius 1 is 1.25 bits per heavy atom. The first-order chi connectivity index (χ1) is 6.79. The molecule has 16 heavy (non-hydrogen) atoms. The van der Waals surface area contributed by atoms with Crippen molar-refractivity contribution in [2.24, 2.45) is 5.73 Å². The van der Waals surface area contributed by atoms with E-state index in [2.05, 4.69) is 4.74 Å². The van der Waals surface area contributed by atoms with Crippen LogP contribution in [0.15, 0.2) is 0 Å². The Morgan fingerprint density at radius 2 is 1.75 bits per heavy atom. The average Bonchev–Trinajstić information content (AvgIpc) is 2.13. The summed E-state index contributed by atoms with van der Waals surface area (Å²) in [5, 5.41) is 7.90. The highest BCUT2D eigenvalue weighted by Crippen LogP contribution is 2.16. The maximum Gasteiger partial charge on any atom is 0.503 e. The molecule has 94 valence electrons. The fourth-order valence-corrected chi connectivity index (χ4v) is 0.581. The highest BCUT2D eigenvalue weighted by molar-refractivity contribution is 5.85. The van der Waals surface area contributed by atoms with Crippen molar-refractivity contribution in [3.8, 4) is 0 Å². The maximum atomic E-state index is 12.3. The van der Waals surface area contributed by atoms with E-state index in [9.17, 15) is 23.2 Å². The van der Waals surface area contributed by atoms with E-state index < -0.39 is 30.3 Å². The van der Waals surface area contributed by atoms with Crippen LogP contribution in [0.2, 0.25) is 0 Å². The third-order valence-corrected chi connectivity index (χ3v) is 1.33. The van der Waals surface area contributed by atoms with Gasteiger partial charge in [0, 0.05) is 6.42 Å². The molecule has 0 unspecified atom stereocenters. The van der Waals surface area contributed by atoms with E-state index >= 15 is 0 Å². The number of aliphatic carboxylic acids is 1. The summed E-state index contributed by atoms with van der Waals surface area (Å²) >= 11 is 0. The van der Waals surface area contributed by atoms with Gasteiger partial charge in [-0.25, -0.2) is 4.79 Å². The van der Waals surface area contributed by atoms with Crippen LogP contribution in [0.25, 0.3) is 0 Å². The highest BCUT2D eigenvalue weighted by Gasteiger charge is 2.43. The van der Waals surface area contributed by atoms with E-state index in [1.807, 2.05) is 0 Å². The standard InChI is InChI=1S/C7H9F2NO5.ClH/c8-7(9,6(13)14)15-5(12)2-1-4(11)3-10;/h1-3,10H2,(H,13,14);1H. The van der Waals surface area contributed by atoms with Crippen molar-refractivity contribution in [2.75, 3.05) is 6.54 Å². The molecule has 0 saturated heterocycles. The van der Waals surface area contributed by atoms with Gasteiger partial charge in [0.05, 0.1) is 13.0 Å². The number of nitrogens with two attached hydrogens (primary N) is 1. The first-order valence-electron chi connectivity index (χ1n) is 3.84. The number of alkyl halides is 2. The Hall–Kier alpha value is -1.28. The fourth-order valence-electron chi connectivity index (χ4n) is 0.581. The molecular weight excluding hydrogens is 252 g/mol. The van der Waals surface area contributed by atoms with Crippen molar-refractivity contribution in [3.05, 3.63) is 0 Å². The minimum absolute atomic E-state index is 0. The van der Waals surface area contributed by atoms with Crippen LogP contribution in [0.5, 0.6) is 0 Å². The number of Topliss-reactive ketones (excluding diaryl/α,β-unsaturated/α-hetero) is 1. The monoisotopic (exact) mass is 261 g/mol. The molecule has 0 fully saturated rings. The summed E-state index contributed by atoms with van der Waals surface area (Å²) in [5.74, 6) is -4.55. The summed E-state index contributed by atoms with van der Waals surface area (Å²) < 4.78 is 27.8. The van der Waals surface area contributed by atoms with Gasteiger partial charge in [-0.2, -0.15) is 8.78 Å². The van der Waals surface area contributed by atoms with Gasteiger partial charge in [-0.1, -0.05) is 0 Å². The predicted molar refractivity (Wildman–Crippen MR) is 49.2 cm³/mol. The molecule has 0 aliphatic carbocycles. The summed E-state index contributed by atoms with van der Waals surface area (Å²) in [5.41, 5.74) is 4.89. The number of hydrogen-bond acceptors (Lipinski definition) is 5. The molecule has 0 saturated carbocycles. The molecule has 6 nitrogen and oxygen atoms in total. The minimum Gasteiger partial charge on any atom is -0.474 e. The highest BCUT2D eigenvalue weighted by atomic mass is 35.5. The molecule has 0 heterocycles. The molecule has 3 N–H and O–H groups in total. The molecular formula is C7H10ClF2NO5. The predicted octanol–water partition coefficient (Wildman–Crippen LogP) is -0.0632. The van der Waals surface area contributed by atoms with Crippen LogP contribution in [0, 0.1) is 0 Å². The number of esters is 1. The third kappa shape index (κ3) is 6.25. The van der Waals surface area contributed by atoms with Gasteiger partial charge < -0.3 is 15.6 Å². The van der Waals surface area contributed by atoms with E-state index in [-0.39, 0.29) is 25.4 Å². The van der Waals surface area contributed by atoms with Crippen LogP contribution in [-0.4, -0.2) is 35.5 Å². The molecule has 0 atom stereocenters. The van der Waals surface area contributed by atoms with Crippen molar-refractivity contribution in [3.63, 3.8) is 0 Å². The topological polar surface area (TPSA) is 107 Å². The van der Waals surface area contributed by atoms with E-state index in [0.29, 0.717) is 0 Å². The SMILES string of the molecule is Cl.NCC(=O)CCC(=O)OC(F)(F)C(=O)O. The van der Waals surface area contributed by atoms with E-state index in [0.717, 1.165) is 0 Å². The van der Waals surface area contributed by atoms with Gasteiger partial charge in [0.25, 0.3) is 0 Å². The molecule has 0 bridgehead atoms. The quantitative estimate of drug-likeness (QED) is 0.649. The number of carbonyl (C=O) groups is 3. The van der Waals surface area contributed by atoms with Crippen LogP contribution in [-0.2, 0) is 19.1 Å². The molecule has 0 spiro atoms. The summed E-state index contributed by atoms with van der Waals surface area (Å²) in [4.78, 5) is 31.0. The second-order valence-electron chi connectivity index (χ2n) is 2.54. The lowest BCUT2D eigenvalue weighted by atomic mass is 10.2. The Balaban J connectivity index is 0. The zero-order valence-corrected chi connectivity index (χ0v) is 8.76. The molecule has 0 aromatic heterocycles. The zero-order chi connectivity index (χ0) is 12.1. The second kappa shape index (κ2) is 7.07. The van der Waals surface area contributed by atoms with E-state index in [1.165, 1.54) is 0 Å². The summed E-state index contributed by atoms with van der Waals surface area (Å²) in [6.07, 6.45) is -5.55. The lowest BCUT2D eigenvalue weighted by molar-refractivity contribution is -0.240. The van der Waals surface area contributed by atoms with Gasteiger partial charge in [-0.15, -0.1) is 12.4 Å². The Morgan fingerprint density at radius 3 is 2.12 bits per heavy atom. The summed E-state index contributed by atoms with van der Waals surface area (Å²) in [7, 11) is 0. The average molecular weight is 262 g/mol. The molecule has 0 aromatic rings. The molecule has 9 heteroatoms. The van der Waals surface area contributed by atoms with Crippen LogP contribution < -0.4 is 5.73 Å². The maximum absolute atomic E-state index is 12.3. The Bertz CT molecular complexity index is 284. The number of halogens is 3. The zero-order valence-electron chi connectivity index (χ0n) is 7.94. The van der Waals surface area contributed by atoms with Crippen molar-refractivity contribution >= 4 is 30.1 Å². The Kier molecular flexibility index (Phi) is 7.57. The number of carboxylic acid groups (broad SMARTS) is 1. The first kappa shape index (κ1) is 17.1. The number of hydrogen-bond donors (Lipinski definition) is 2. The molecule has 0 aliphatic heterocycles. The van der Waals surface area contributed by atoms with E-state index in [1.54, 1.807) is 0 Å². The van der Waals surface area contributed by atoms with Gasteiger partial charge in [0.15, 0.2) is 0 Å². The summed E-state index contributed by atoms with van der Waals surface area (Å²) in [6, 6.07) is 0. The van der Waals surface area contributed by atoms with Crippen molar-refractivity contribution in [2.45, 2.75) is 19.0 Å². The van der Waals surface area contributed by atoms with Crippen molar-refractivity contribution < 1.29 is 33.0 Å². The minimum atomic E-state index is -4.57. The first-order valence-corrected chi connectivity index (χ1v) is 3.84. The largest absolute Gasteiger partial charge is 0.503 e. The summed E-state index contributed by atoms with van der Waals surface area (Å²) in [6.45, 7) is -0.317. The normalized spacial score (nSPS) is 10.2. The Labute approximate surface area is 95.1 Å². The molecule has 0 amide bonds. The molecule has 0 aliphatic rings. The number of ether oxygens (including phenoxy) is 1. The van der Waals surface area contributed by atoms with Crippen LogP contribution >= 0.6 is 12.4 Å². The number of carbonyl (C=O) groups excluding carboxylic acids is 2. The van der Waals surface area contributed by atoms with Gasteiger partial charge in [-0.3, -0.25) is 9.59 Å². The molecule has 0 radical (unpaired) electrons. The van der Waals surface area contributed by atoms with Gasteiger partial charge in [-0.05, 0) is 0 Å². The van der Waals surface area contributed by atoms with Crippen molar-refractivity contribution in [1.82, 2.24) is 0 Å². The number of carboxylic acids is 1. The molecule has 0 rings (SSSR count). The van der Waals surface area contributed by atoms with Crippen molar-refractivity contribution in [1.29, 1.82) is 0 Å². The van der Waals surface area contributed by atoms with Crippen LogP contribution in [0.3, 0.4) is 0 Å². The van der Waals surface area contributed by atoms with Gasteiger partial charge in [0.2, 0.25) is 0 Å². The van der Waals surface area contributed by atoms with Gasteiger partial charge in [0.1, 0.15) is 5.78 Å². The van der Waals surface area contributed by atoms with Gasteiger partial charge >= 0.3 is 18.0 Å².